The first-order chi connectivity index (χ1) is 6.41. The van der Waals surface area contributed by atoms with Gasteiger partial charge in [-0.15, -0.1) is 0 Å². The molecule has 0 aromatic rings. The number of unbranched alkanes of at least 4 members (excludes halogenated alkanes) is 4. The highest BCUT2D eigenvalue weighted by atomic mass is 16.7. The van der Waals surface area contributed by atoms with Crippen molar-refractivity contribution in [1.29, 1.82) is 0 Å². The number of rotatable bonds is 9. The third kappa shape index (κ3) is 11.2. The van der Waals surface area contributed by atoms with Crippen LogP contribution in [0.3, 0.4) is 0 Å². The molecule has 0 heterocycles. The van der Waals surface area contributed by atoms with E-state index in [-0.39, 0.29) is 0 Å². The van der Waals surface area contributed by atoms with Crippen molar-refractivity contribution in [3.05, 3.63) is 12.3 Å². The van der Waals surface area contributed by atoms with E-state index in [4.69, 9.17) is 4.74 Å². The van der Waals surface area contributed by atoms with Crippen LogP contribution in [0.2, 0.25) is 0 Å². The molecule has 0 saturated heterocycles. The molecule has 13 heavy (non-hydrogen) atoms. The molecule has 0 rings (SSSR count). The third-order valence-corrected chi connectivity index (χ3v) is 1.57. The second-order valence-electron chi connectivity index (χ2n) is 2.75. The van der Waals surface area contributed by atoms with Gasteiger partial charge in [-0.25, -0.2) is 0 Å². The number of hydrogen-bond acceptors (Lipinski definition) is 3. The lowest BCUT2D eigenvalue weighted by atomic mass is 10.1. The van der Waals surface area contributed by atoms with Gasteiger partial charge in [-0.3, -0.25) is 0 Å². The standard InChI is InChI=1S/C10H18O3/c1-12-10-13-9-7-5-3-2-4-6-8-11/h7-9H,2-6,10H2,1H3. The third-order valence-electron chi connectivity index (χ3n) is 1.57. The zero-order valence-corrected chi connectivity index (χ0v) is 8.20. The van der Waals surface area contributed by atoms with Crippen LogP contribution in [0, 0.1) is 0 Å². The maximum atomic E-state index is 9.96. The zero-order chi connectivity index (χ0) is 9.78. The normalized spacial score (nSPS) is 10.5. The average molecular weight is 186 g/mol. The summed E-state index contributed by atoms with van der Waals surface area (Å²) in [4.78, 5) is 9.96. The molecule has 0 aromatic heterocycles. The van der Waals surface area contributed by atoms with Crippen LogP contribution in [0.4, 0.5) is 0 Å². The topological polar surface area (TPSA) is 35.5 Å². The molecular weight excluding hydrogens is 168 g/mol. The lowest BCUT2D eigenvalue weighted by molar-refractivity contribution is -0.107. The van der Waals surface area contributed by atoms with E-state index in [0.29, 0.717) is 13.2 Å². The summed E-state index contributed by atoms with van der Waals surface area (Å²) in [5.41, 5.74) is 0. The minimum absolute atomic E-state index is 0.307. The molecule has 0 fully saturated rings. The van der Waals surface area contributed by atoms with Crippen molar-refractivity contribution in [3.63, 3.8) is 0 Å². The molecule has 0 radical (unpaired) electrons. The molecule has 0 unspecified atom stereocenters. The van der Waals surface area contributed by atoms with E-state index in [0.717, 1.165) is 32.0 Å². The second kappa shape index (κ2) is 11.2. The molecule has 0 N–H and O–H groups in total. The summed E-state index contributed by atoms with van der Waals surface area (Å²) in [5, 5.41) is 0. The highest BCUT2D eigenvalue weighted by Crippen LogP contribution is 2.02. The summed E-state index contributed by atoms with van der Waals surface area (Å²) in [6.45, 7) is 0.307. The van der Waals surface area contributed by atoms with Crippen LogP contribution in [-0.4, -0.2) is 20.2 Å². The van der Waals surface area contributed by atoms with E-state index < -0.39 is 0 Å². The predicted molar refractivity (Wildman–Crippen MR) is 51.3 cm³/mol. The van der Waals surface area contributed by atoms with Crippen LogP contribution in [0.15, 0.2) is 12.3 Å². The van der Waals surface area contributed by atoms with Crippen LogP contribution in [0.25, 0.3) is 0 Å². The van der Waals surface area contributed by atoms with E-state index in [1.54, 1.807) is 13.4 Å². The van der Waals surface area contributed by atoms with Crippen molar-refractivity contribution in [3.8, 4) is 0 Å². The lowest BCUT2D eigenvalue weighted by Gasteiger charge is -1.96. The average Bonchev–Trinajstić information content (AvgIpc) is 2.16. The van der Waals surface area contributed by atoms with E-state index in [2.05, 4.69) is 4.74 Å². The van der Waals surface area contributed by atoms with Gasteiger partial charge in [0.15, 0.2) is 6.79 Å². The van der Waals surface area contributed by atoms with Crippen LogP contribution >= 0.6 is 0 Å². The summed E-state index contributed by atoms with van der Waals surface area (Å²) in [6.07, 6.45) is 9.50. The molecule has 3 nitrogen and oxygen atoms in total. The fraction of sp³-hybridized carbons (Fsp3) is 0.700. The van der Waals surface area contributed by atoms with Gasteiger partial charge in [-0.1, -0.05) is 6.42 Å². The molecule has 0 saturated carbocycles. The smallest absolute Gasteiger partial charge is 0.187 e. The first-order valence-corrected chi connectivity index (χ1v) is 4.61. The van der Waals surface area contributed by atoms with Gasteiger partial charge >= 0.3 is 0 Å². The zero-order valence-electron chi connectivity index (χ0n) is 8.20. The SMILES string of the molecule is COCOC=CCCCCCC=O. The first-order valence-electron chi connectivity index (χ1n) is 4.61. The van der Waals surface area contributed by atoms with E-state index in [1.807, 2.05) is 6.08 Å². The lowest BCUT2D eigenvalue weighted by Crippen LogP contribution is -1.87. The summed E-state index contributed by atoms with van der Waals surface area (Å²) in [6, 6.07) is 0. The maximum Gasteiger partial charge on any atom is 0.187 e. The largest absolute Gasteiger partial charge is 0.476 e. The molecule has 0 bridgehead atoms. The van der Waals surface area contributed by atoms with Crippen molar-refractivity contribution >= 4 is 6.29 Å². The fourth-order valence-electron chi connectivity index (χ4n) is 0.910. The number of aldehydes is 1. The van der Waals surface area contributed by atoms with E-state index >= 15 is 0 Å². The molecule has 0 aliphatic heterocycles. The molecule has 0 aromatic carbocycles. The Labute approximate surface area is 79.7 Å². The van der Waals surface area contributed by atoms with Gasteiger partial charge in [-0.2, -0.15) is 0 Å². The molecule has 0 aliphatic rings. The quantitative estimate of drug-likeness (QED) is 0.240. The number of allylic oxidation sites excluding steroid dienone is 1. The van der Waals surface area contributed by atoms with Crippen molar-refractivity contribution in [2.75, 3.05) is 13.9 Å². The highest BCUT2D eigenvalue weighted by molar-refractivity contribution is 5.48. The Hall–Kier alpha value is -0.830. The highest BCUT2D eigenvalue weighted by Gasteiger charge is 1.86. The Kier molecular flexibility index (Phi) is 10.5. The van der Waals surface area contributed by atoms with E-state index in [9.17, 15) is 4.79 Å². The Balaban J connectivity index is 2.97. The Morgan fingerprint density at radius 1 is 1.15 bits per heavy atom. The summed E-state index contributed by atoms with van der Waals surface area (Å²) < 4.78 is 9.64. The summed E-state index contributed by atoms with van der Waals surface area (Å²) in [7, 11) is 1.59. The van der Waals surface area contributed by atoms with Crippen molar-refractivity contribution in [2.45, 2.75) is 32.1 Å². The predicted octanol–water partition coefficient (Wildman–Crippen LogP) is 2.27. The van der Waals surface area contributed by atoms with Gasteiger partial charge in [0.05, 0.1) is 6.26 Å². The molecule has 3 heteroatoms. The number of ether oxygens (including phenoxy) is 2. The Morgan fingerprint density at radius 2 is 1.92 bits per heavy atom. The number of carbonyl (C=O) groups is 1. The van der Waals surface area contributed by atoms with Gasteiger partial charge < -0.3 is 14.3 Å². The van der Waals surface area contributed by atoms with Gasteiger partial charge in [0.2, 0.25) is 0 Å². The molecule has 0 aliphatic carbocycles. The van der Waals surface area contributed by atoms with Gasteiger partial charge in [0, 0.05) is 13.5 Å². The minimum atomic E-state index is 0.307. The minimum Gasteiger partial charge on any atom is -0.476 e. The summed E-state index contributed by atoms with van der Waals surface area (Å²) >= 11 is 0. The second-order valence-corrected chi connectivity index (χ2v) is 2.75. The van der Waals surface area contributed by atoms with Crippen molar-refractivity contribution in [1.82, 2.24) is 0 Å². The maximum absolute atomic E-state index is 9.96. The first kappa shape index (κ1) is 12.2. The molecule has 76 valence electrons. The molecule has 0 spiro atoms. The molecule has 0 amide bonds. The van der Waals surface area contributed by atoms with Gasteiger partial charge in [0.25, 0.3) is 0 Å². The van der Waals surface area contributed by atoms with Gasteiger partial charge in [0.1, 0.15) is 6.29 Å². The fourth-order valence-corrected chi connectivity index (χ4v) is 0.910. The number of carbonyl (C=O) groups excluding carboxylic acids is 1. The molecular formula is C10H18O3. The van der Waals surface area contributed by atoms with Crippen LogP contribution in [-0.2, 0) is 14.3 Å². The van der Waals surface area contributed by atoms with Crippen LogP contribution in [0.5, 0.6) is 0 Å². The number of hydrogen-bond donors (Lipinski definition) is 0. The summed E-state index contributed by atoms with van der Waals surface area (Å²) in [5.74, 6) is 0. The number of methoxy groups -OCH3 is 1. The Bertz CT molecular complexity index is 132. The van der Waals surface area contributed by atoms with Crippen molar-refractivity contribution in [2.24, 2.45) is 0 Å². The van der Waals surface area contributed by atoms with Crippen LogP contribution in [0.1, 0.15) is 32.1 Å². The molecule has 0 atom stereocenters. The van der Waals surface area contributed by atoms with Crippen molar-refractivity contribution < 1.29 is 14.3 Å². The van der Waals surface area contributed by atoms with E-state index in [1.165, 1.54) is 0 Å². The van der Waals surface area contributed by atoms with Crippen LogP contribution < -0.4 is 0 Å². The van der Waals surface area contributed by atoms with Gasteiger partial charge in [-0.05, 0) is 25.3 Å². The monoisotopic (exact) mass is 186 g/mol. The Morgan fingerprint density at radius 3 is 2.62 bits per heavy atom.